The smallest absolute Gasteiger partial charge is 0.254 e. The van der Waals surface area contributed by atoms with E-state index >= 15 is 0 Å². The molecule has 162 valence electrons. The van der Waals surface area contributed by atoms with Crippen LogP contribution in [-0.2, 0) is 4.79 Å². The zero-order chi connectivity index (χ0) is 21.8. The minimum atomic E-state index is -0.415. The maximum atomic E-state index is 13.2. The first-order valence-electron chi connectivity index (χ1n) is 11.0. The SMILES string of the molecule is O=C(c1ccc(F)cc1)c1ccccc1C(=O)N1CCN(C(=O)CC2CCCC2)CC1. The van der Waals surface area contributed by atoms with Crippen molar-refractivity contribution in [1.29, 1.82) is 0 Å². The lowest BCUT2D eigenvalue weighted by atomic mass is 9.97. The molecule has 31 heavy (non-hydrogen) atoms. The van der Waals surface area contributed by atoms with Gasteiger partial charge in [-0.05, 0) is 49.1 Å². The van der Waals surface area contributed by atoms with Gasteiger partial charge >= 0.3 is 0 Å². The Kier molecular flexibility index (Phi) is 6.44. The summed E-state index contributed by atoms with van der Waals surface area (Å²) in [6.45, 7) is 1.94. The van der Waals surface area contributed by atoms with Crippen LogP contribution >= 0.6 is 0 Å². The lowest BCUT2D eigenvalue weighted by Gasteiger charge is -2.35. The summed E-state index contributed by atoms with van der Waals surface area (Å²) in [6, 6.07) is 12.0. The number of benzene rings is 2. The topological polar surface area (TPSA) is 57.7 Å². The quantitative estimate of drug-likeness (QED) is 0.687. The third-order valence-corrected chi connectivity index (χ3v) is 6.37. The second-order valence-electron chi connectivity index (χ2n) is 8.41. The summed E-state index contributed by atoms with van der Waals surface area (Å²) in [5, 5.41) is 0. The minimum Gasteiger partial charge on any atom is -0.339 e. The Hall–Kier alpha value is -3.02. The van der Waals surface area contributed by atoms with E-state index in [1.54, 1.807) is 29.2 Å². The van der Waals surface area contributed by atoms with Gasteiger partial charge in [-0.3, -0.25) is 14.4 Å². The summed E-state index contributed by atoms with van der Waals surface area (Å²) in [4.78, 5) is 42.2. The molecule has 1 saturated carbocycles. The highest BCUT2D eigenvalue weighted by molar-refractivity contribution is 6.15. The number of amides is 2. The van der Waals surface area contributed by atoms with Crippen LogP contribution in [0.2, 0.25) is 0 Å². The van der Waals surface area contributed by atoms with Crippen molar-refractivity contribution in [1.82, 2.24) is 9.80 Å². The van der Waals surface area contributed by atoms with E-state index in [1.165, 1.54) is 37.1 Å². The zero-order valence-electron chi connectivity index (χ0n) is 17.6. The van der Waals surface area contributed by atoms with Crippen LogP contribution in [0.25, 0.3) is 0 Å². The van der Waals surface area contributed by atoms with Crippen molar-refractivity contribution in [2.24, 2.45) is 5.92 Å². The molecule has 0 atom stereocenters. The Morgan fingerprint density at radius 3 is 2.03 bits per heavy atom. The number of piperazine rings is 1. The molecule has 0 radical (unpaired) electrons. The highest BCUT2D eigenvalue weighted by Gasteiger charge is 2.29. The number of rotatable bonds is 5. The Bertz CT molecular complexity index is 959. The van der Waals surface area contributed by atoms with Crippen LogP contribution in [0.3, 0.4) is 0 Å². The minimum absolute atomic E-state index is 0.186. The predicted octanol–water partition coefficient (Wildman–Crippen LogP) is 3.92. The lowest BCUT2D eigenvalue weighted by Crippen LogP contribution is -2.51. The van der Waals surface area contributed by atoms with Crippen LogP contribution in [0, 0.1) is 11.7 Å². The monoisotopic (exact) mass is 422 g/mol. The normalized spacial score (nSPS) is 17.1. The third-order valence-electron chi connectivity index (χ3n) is 6.37. The van der Waals surface area contributed by atoms with Crippen molar-refractivity contribution >= 4 is 17.6 Å². The van der Waals surface area contributed by atoms with Gasteiger partial charge in [0.2, 0.25) is 5.91 Å². The van der Waals surface area contributed by atoms with Crippen LogP contribution in [-0.4, -0.2) is 53.6 Å². The highest BCUT2D eigenvalue weighted by Crippen LogP contribution is 2.28. The van der Waals surface area contributed by atoms with E-state index in [1.807, 2.05) is 4.90 Å². The standard InChI is InChI=1S/C25H27FN2O3/c26-20-11-9-19(10-12-20)24(30)21-7-3-4-8-22(21)25(31)28-15-13-27(14-16-28)23(29)17-18-5-1-2-6-18/h3-4,7-12,18H,1-2,5-6,13-17H2. The fraction of sp³-hybridized carbons (Fsp3) is 0.400. The Labute approximate surface area is 181 Å². The van der Waals surface area contributed by atoms with Crippen LogP contribution in [0.15, 0.2) is 48.5 Å². The van der Waals surface area contributed by atoms with Gasteiger partial charge in [-0.15, -0.1) is 0 Å². The van der Waals surface area contributed by atoms with Crippen LogP contribution in [0.1, 0.15) is 58.4 Å². The molecule has 2 aromatic rings. The molecule has 0 aromatic heterocycles. The van der Waals surface area contributed by atoms with Crippen LogP contribution in [0.5, 0.6) is 0 Å². The Morgan fingerprint density at radius 2 is 1.39 bits per heavy atom. The molecule has 1 aliphatic heterocycles. The maximum Gasteiger partial charge on any atom is 0.254 e. The lowest BCUT2D eigenvalue weighted by molar-refractivity contribution is -0.133. The van der Waals surface area contributed by atoms with Gasteiger partial charge in [0.15, 0.2) is 5.78 Å². The fourth-order valence-corrected chi connectivity index (χ4v) is 4.54. The van der Waals surface area contributed by atoms with Crippen molar-refractivity contribution in [3.63, 3.8) is 0 Å². The molecule has 1 saturated heterocycles. The third kappa shape index (κ3) is 4.84. The molecule has 2 aromatic carbocycles. The summed E-state index contributed by atoms with van der Waals surface area (Å²) < 4.78 is 13.2. The van der Waals surface area contributed by atoms with Crippen molar-refractivity contribution in [3.8, 4) is 0 Å². The summed E-state index contributed by atoms with van der Waals surface area (Å²) in [5.41, 5.74) is 0.977. The van der Waals surface area contributed by atoms with Crippen molar-refractivity contribution in [2.45, 2.75) is 32.1 Å². The summed E-state index contributed by atoms with van der Waals surface area (Å²) >= 11 is 0. The van der Waals surface area contributed by atoms with E-state index < -0.39 is 5.82 Å². The van der Waals surface area contributed by atoms with Gasteiger partial charge in [0.1, 0.15) is 5.82 Å². The number of hydrogen-bond donors (Lipinski definition) is 0. The van der Waals surface area contributed by atoms with E-state index in [2.05, 4.69) is 0 Å². The molecule has 2 fully saturated rings. The molecular weight excluding hydrogens is 395 g/mol. The fourth-order valence-electron chi connectivity index (χ4n) is 4.54. The predicted molar refractivity (Wildman–Crippen MR) is 115 cm³/mol. The molecule has 1 aliphatic carbocycles. The summed E-state index contributed by atoms with van der Waals surface area (Å²) in [6.07, 6.45) is 5.33. The van der Waals surface area contributed by atoms with Gasteiger partial charge in [-0.2, -0.15) is 0 Å². The summed E-state index contributed by atoms with van der Waals surface area (Å²) in [7, 11) is 0. The second-order valence-corrected chi connectivity index (χ2v) is 8.41. The number of carbonyl (C=O) groups excluding carboxylic acids is 3. The molecule has 2 aliphatic rings. The maximum absolute atomic E-state index is 13.2. The average molecular weight is 423 g/mol. The zero-order valence-corrected chi connectivity index (χ0v) is 17.6. The van der Waals surface area contributed by atoms with Crippen molar-refractivity contribution < 1.29 is 18.8 Å². The number of nitrogens with zero attached hydrogens (tertiary/aromatic N) is 2. The number of hydrogen-bond acceptors (Lipinski definition) is 3. The van der Waals surface area contributed by atoms with Crippen LogP contribution in [0.4, 0.5) is 4.39 Å². The van der Waals surface area contributed by atoms with E-state index in [0.29, 0.717) is 55.2 Å². The van der Waals surface area contributed by atoms with Crippen molar-refractivity contribution in [2.75, 3.05) is 26.2 Å². The highest BCUT2D eigenvalue weighted by atomic mass is 19.1. The van der Waals surface area contributed by atoms with Gasteiger partial charge < -0.3 is 9.80 Å². The first-order valence-corrected chi connectivity index (χ1v) is 11.0. The molecule has 1 heterocycles. The molecule has 6 heteroatoms. The molecule has 0 bridgehead atoms. The first kappa shape index (κ1) is 21.2. The molecule has 0 N–H and O–H groups in total. The summed E-state index contributed by atoms with van der Waals surface area (Å²) in [5.74, 6) is -0.244. The first-order chi connectivity index (χ1) is 15.0. The Balaban J connectivity index is 1.42. The van der Waals surface area contributed by atoms with Gasteiger partial charge in [0, 0.05) is 43.7 Å². The largest absolute Gasteiger partial charge is 0.339 e. The van der Waals surface area contributed by atoms with E-state index in [4.69, 9.17) is 0 Å². The van der Waals surface area contributed by atoms with E-state index in [-0.39, 0.29) is 17.6 Å². The van der Waals surface area contributed by atoms with Gasteiger partial charge in [-0.1, -0.05) is 31.0 Å². The van der Waals surface area contributed by atoms with Crippen LogP contribution < -0.4 is 0 Å². The molecule has 0 unspecified atom stereocenters. The van der Waals surface area contributed by atoms with E-state index in [0.717, 1.165) is 12.8 Å². The number of halogens is 1. The molecule has 5 nitrogen and oxygen atoms in total. The average Bonchev–Trinajstić information content (AvgIpc) is 3.32. The second kappa shape index (κ2) is 9.41. The van der Waals surface area contributed by atoms with Crippen molar-refractivity contribution in [3.05, 3.63) is 71.0 Å². The van der Waals surface area contributed by atoms with Gasteiger partial charge in [-0.25, -0.2) is 4.39 Å². The molecule has 2 amide bonds. The van der Waals surface area contributed by atoms with Gasteiger partial charge in [0.25, 0.3) is 5.91 Å². The number of carbonyl (C=O) groups is 3. The molecule has 4 rings (SSSR count). The number of ketones is 1. The van der Waals surface area contributed by atoms with Gasteiger partial charge in [0.05, 0.1) is 5.56 Å². The molecular formula is C25H27FN2O3. The Morgan fingerprint density at radius 1 is 0.806 bits per heavy atom. The molecule has 0 spiro atoms. The van der Waals surface area contributed by atoms with E-state index in [9.17, 15) is 18.8 Å².